The van der Waals surface area contributed by atoms with Crippen LogP contribution in [-0.2, 0) is 21.7 Å². The summed E-state index contributed by atoms with van der Waals surface area (Å²) >= 11 is 5.47. The molecule has 0 radical (unpaired) electrons. The molecule has 0 N–H and O–H groups in total. The molecular formula is C6H4Cl4OTi. The zero-order valence-corrected chi connectivity index (χ0v) is 10.3. The maximum atomic E-state index is 10.4. The summed E-state index contributed by atoms with van der Waals surface area (Å²) in [5, 5.41) is 11.0. The van der Waals surface area contributed by atoms with E-state index in [4.69, 9.17) is 11.6 Å². The van der Waals surface area contributed by atoms with Gasteiger partial charge in [-0.3, -0.25) is 0 Å². The summed E-state index contributed by atoms with van der Waals surface area (Å²) < 4.78 is 0. The first-order chi connectivity index (χ1) is 3.79. The van der Waals surface area contributed by atoms with Crippen molar-refractivity contribution in [2.45, 2.75) is 0 Å². The summed E-state index contributed by atoms with van der Waals surface area (Å²) in [6.07, 6.45) is 0. The Morgan fingerprint density at radius 3 is 1.50 bits per heavy atom. The first-order valence-corrected chi connectivity index (χ1v) is 2.59. The largest absolute Gasteiger partial charge is 4.00 e. The molecule has 0 spiro atoms. The maximum absolute atomic E-state index is 10.4. The Balaban J connectivity index is -0.0000000800. The van der Waals surface area contributed by atoms with Gasteiger partial charge < -0.3 is 42.3 Å². The normalized spacial score (nSPS) is 6.08. The average molecular weight is 282 g/mol. The van der Waals surface area contributed by atoms with Crippen LogP contribution in [0.3, 0.4) is 0 Å². The molecule has 0 fully saturated rings. The Labute approximate surface area is 110 Å². The van der Waals surface area contributed by atoms with Gasteiger partial charge in [0.25, 0.3) is 0 Å². The smallest absolute Gasteiger partial charge is 1.00 e. The van der Waals surface area contributed by atoms with E-state index in [1.54, 1.807) is 12.1 Å². The fourth-order valence-electron chi connectivity index (χ4n) is 0.435. The van der Waals surface area contributed by atoms with Gasteiger partial charge in [-0.2, -0.15) is 0 Å². The number of halogens is 4. The molecule has 0 aliphatic rings. The van der Waals surface area contributed by atoms with Gasteiger partial charge in [0.1, 0.15) is 0 Å². The molecule has 0 amide bonds. The van der Waals surface area contributed by atoms with E-state index in [0.717, 1.165) is 0 Å². The van der Waals surface area contributed by atoms with Gasteiger partial charge in [0, 0.05) is 5.02 Å². The summed E-state index contributed by atoms with van der Waals surface area (Å²) in [7, 11) is 0. The van der Waals surface area contributed by atoms with Crippen LogP contribution in [0.1, 0.15) is 0 Å². The fraction of sp³-hybridized carbons (Fsp3) is 0. The van der Waals surface area contributed by atoms with E-state index >= 15 is 0 Å². The van der Waals surface area contributed by atoms with Crippen molar-refractivity contribution in [3.8, 4) is 5.75 Å². The second-order valence-corrected chi connectivity index (χ2v) is 1.89. The zero-order chi connectivity index (χ0) is 5.98. The van der Waals surface area contributed by atoms with Crippen molar-refractivity contribution in [2.75, 3.05) is 0 Å². The Morgan fingerprint density at radius 1 is 0.917 bits per heavy atom. The van der Waals surface area contributed by atoms with Gasteiger partial charge in [-0.25, -0.2) is 0 Å². The Bertz CT molecular complexity index is 158. The van der Waals surface area contributed by atoms with Crippen LogP contribution in [0.25, 0.3) is 0 Å². The fourth-order valence-corrected chi connectivity index (χ4v) is 0.561. The molecule has 1 rings (SSSR count). The molecule has 1 aromatic rings. The molecule has 1 aromatic carbocycles. The van der Waals surface area contributed by atoms with Crippen LogP contribution in [0, 0.1) is 0 Å². The topological polar surface area (TPSA) is 23.1 Å². The SMILES string of the molecule is [Cl-].[Cl-].[Cl-].[O-]c1ccc(Cl)cc1.[Ti+4]. The second kappa shape index (κ2) is 11.9. The third-order valence-electron chi connectivity index (χ3n) is 0.814. The maximum Gasteiger partial charge on any atom is 4.00 e. The van der Waals surface area contributed by atoms with Crippen molar-refractivity contribution in [3.05, 3.63) is 29.3 Å². The standard InChI is InChI=1S/C6H5ClO.3ClH.Ti/c7-5-1-3-6(8)4-2-5;;;;/h1-4,8H;3*1H;/q;;;;+4/p-4. The van der Waals surface area contributed by atoms with Crippen molar-refractivity contribution in [2.24, 2.45) is 0 Å². The molecule has 0 atom stereocenters. The third-order valence-corrected chi connectivity index (χ3v) is 1.07. The van der Waals surface area contributed by atoms with Gasteiger partial charge in [-0.1, -0.05) is 23.7 Å². The average Bonchev–Trinajstić information content (AvgIpc) is 1.77. The van der Waals surface area contributed by atoms with Crippen molar-refractivity contribution in [1.29, 1.82) is 0 Å². The van der Waals surface area contributed by atoms with E-state index in [9.17, 15) is 5.11 Å². The van der Waals surface area contributed by atoms with E-state index in [2.05, 4.69) is 0 Å². The van der Waals surface area contributed by atoms with Crippen LogP contribution in [0.5, 0.6) is 5.75 Å². The molecule has 0 saturated carbocycles. The second-order valence-electron chi connectivity index (χ2n) is 1.45. The summed E-state index contributed by atoms with van der Waals surface area (Å²) in [4.78, 5) is 0. The Morgan fingerprint density at radius 2 is 1.25 bits per heavy atom. The minimum Gasteiger partial charge on any atom is -1.00 e. The molecule has 0 heterocycles. The number of hydrogen-bond donors (Lipinski definition) is 0. The molecule has 0 bridgehead atoms. The molecule has 6 heteroatoms. The molecule has 0 aliphatic heterocycles. The Hall–Kier alpha value is 0.894. The van der Waals surface area contributed by atoms with Gasteiger partial charge in [0.2, 0.25) is 0 Å². The van der Waals surface area contributed by atoms with Gasteiger partial charge in [0.05, 0.1) is 0 Å². The quantitative estimate of drug-likeness (QED) is 0.434. The van der Waals surface area contributed by atoms with Gasteiger partial charge in [-0.05, 0) is 12.1 Å². The van der Waals surface area contributed by atoms with Gasteiger partial charge in [0.15, 0.2) is 0 Å². The predicted molar refractivity (Wildman–Crippen MR) is 30.9 cm³/mol. The van der Waals surface area contributed by atoms with Gasteiger partial charge in [-0.15, -0.1) is 5.75 Å². The zero-order valence-electron chi connectivity index (χ0n) is 5.73. The predicted octanol–water partition coefficient (Wildman–Crippen LogP) is -7.58. The Kier molecular flexibility index (Phi) is 22.9. The molecule has 66 valence electrons. The molecule has 0 saturated heterocycles. The molecule has 0 aromatic heterocycles. The molecular weight excluding hydrogens is 278 g/mol. The van der Waals surface area contributed by atoms with Gasteiger partial charge >= 0.3 is 21.7 Å². The number of rotatable bonds is 0. The van der Waals surface area contributed by atoms with E-state index in [0.29, 0.717) is 5.02 Å². The number of benzene rings is 1. The van der Waals surface area contributed by atoms with Crippen LogP contribution >= 0.6 is 11.6 Å². The summed E-state index contributed by atoms with van der Waals surface area (Å²) in [5.74, 6) is -0.00519. The van der Waals surface area contributed by atoms with Crippen molar-refractivity contribution >= 4 is 11.6 Å². The third kappa shape index (κ3) is 8.99. The number of hydrogen-bond acceptors (Lipinski definition) is 1. The first kappa shape index (κ1) is 23.1. The monoisotopic (exact) mass is 280 g/mol. The summed E-state index contributed by atoms with van der Waals surface area (Å²) in [6, 6.07) is 6.01. The summed E-state index contributed by atoms with van der Waals surface area (Å²) in [5.41, 5.74) is 0. The van der Waals surface area contributed by atoms with E-state index in [1.165, 1.54) is 12.1 Å². The van der Waals surface area contributed by atoms with E-state index in [-0.39, 0.29) is 64.7 Å². The molecule has 0 aliphatic carbocycles. The van der Waals surface area contributed by atoms with Crippen LogP contribution in [0.2, 0.25) is 5.02 Å². The molecule has 0 unspecified atom stereocenters. The van der Waals surface area contributed by atoms with Crippen molar-refractivity contribution in [1.82, 2.24) is 0 Å². The van der Waals surface area contributed by atoms with Crippen LogP contribution in [0.15, 0.2) is 24.3 Å². The summed E-state index contributed by atoms with van der Waals surface area (Å²) in [6.45, 7) is 0. The minimum absolute atomic E-state index is 0. The molecule has 12 heavy (non-hydrogen) atoms. The van der Waals surface area contributed by atoms with E-state index < -0.39 is 0 Å². The first-order valence-electron chi connectivity index (χ1n) is 2.21. The van der Waals surface area contributed by atoms with Crippen molar-refractivity contribution < 1.29 is 64.0 Å². The van der Waals surface area contributed by atoms with Crippen LogP contribution < -0.4 is 42.3 Å². The van der Waals surface area contributed by atoms with Crippen molar-refractivity contribution in [3.63, 3.8) is 0 Å². The minimum atomic E-state index is -0.00519. The van der Waals surface area contributed by atoms with Crippen LogP contribution in [-0.4, -0.2) is 0 Å². The molecule has 1 nitrogen and oxygen atoms in total. The van der Waals surface area contributed by atoms with Crippen LogP contribution in [0.4, 0.5) is 0 Å². The van der Waals surface area contributed by atoms with E-state index in [1.807, 2.05) is 0 Å².